The van der Waals surface area contributed by atoms with E-state index in [0.29, 0.717) is 5.75 Å². The van der Waals surface area contributed by atoms with E-state index < -0.39 is 10.0 Å². The first kappa shape index (κ1) is 24.0. The summed E-state index contributed by atoms with van der Waals surface area (Å²) >= 11 is 3.39. The van der Waals surface area contributed by atoms with E-state index in [2.05, 4.69) is 21.2 Å². The molecule has 0 aliphatic carbocycles. The van der Waals surface area contributed by atoms with Gasteiger partial charge in [-0.2, -0.15) is 4.31 Å². The second-order valence-electron chi connectivity index (χ2n) is 7.35. The molecule has 8 heteroatoms. The molecule has 168 valence electrons. The molecular weight excluding hydrogens is 492 g/mol. The lowest BCUT2D eigenvalue weighted by Crippen LogP contribution is -2.31. The minimum atomic E-state index is -3.64. The lowest BCUT2D eigenvalue weighted by atomic mass is 10.1. The van der Waals surface area contributed by atoms with E-state index in [1.165, 1.54) is 16.4 Å². The lowest BCUT2D eigenvalue weighted by Gasteiger charge is -2.18. The molecule has 1 N–H and O–H groups in total. The Hall–Kier alpha value is -2.68. The first-order valence-electron chi connectivity index (χ1n) is 10.0. The van der Waals surface area contributed by atoms with Crippen LogP contribution in [0.2, 0.25) is 0 Å². The van der Waals surface area contributed by atoms with Gasteiger partial charge < -0.3 is 10.1 Å². The highest BCUT2D eigenvalue weighted by atomic mass is 79.9. The molecule has 0 radical (unpaired) electrons. The van der Waals surface area contributed by atoms with Gasteiger partial charge in [-0.3, -0.25) is 4.79 Å². The third-order valence-electron chi connectivity index (χ3n) is 4.90. The second kappa shape index (κ2) is 10.8. The van der Waals surface area contributed by atoms with Gasteiger partial charge in [0.1, 0.15) is 5.75 Å². The molecular formula is C24H25BrN2O4S. The van der Waals surface area contributed by atoms with Crippen LogP contribution in [0.5, 0.6) is 5.75 Å². The minimum absolute atomic E-state index is 0.160. The van der Waals surface area contributed by atoms with Crippen molar-refractivity contribution in [3.05, 3.63) is 94.5 Å². The van der Waals surface area contributed by atoms with Crippen LogP contribution in [-0.2, 0) is 21.4 Å². The van der Waals surface area contributed by atoms with Crippen molar-refractivity contribution in [2.75, 3.05) is 13.7 Å². The first-order valence-corrected chi connectivity index (χ1v) is 12.3. The Labute approximate surface area is 197 Å². The molecule has 0 saturated heterocycles. The Morgan fingerprint density at radius 1 is 1.00 bits per heavy atom. The van der Waals surface area contributed by atoms with E-state index >= 15 is 0 Å². The van der Waals surface area contributed by atoms with Crippen molar-refractivity contribution in [2.24, 2.45) is 0 Å². The Bertz CT molecular complexity index is 1130. The number of hydrogen-bond donors (Lipinski definition) is 1. The van der Waals surface area contributed by atoms with Crippen LogP contribution in [0.3, 0.4) is 0 Å². The lowest BCUT2D eigenvalue weighted by molar-refractivity contribution is -0.123. The maximum absolute atomic E-state index is 12.8. The van der Waals surface area contributed by atoms with Crippen molar-refractivity contribution in [3.63, 3.8) is 0 Å². The summed E-state index contributed by atoms with van der Waals surface area (Å²) in [7, 11) is -2.09. The summed E-state index contributed by atoms with van der Waals surface area (Å²) < 4.78 is 33.4. The molecule has 1 amide bonds. The van der Waals surface area contributed by atoms with Gasteiger partial charge in [-0.15, -0.1) is 0 Å². The number of hydrogen-bond acceptors (Lipinski definition) is 4. The number of carbonyl (C=O) groups excluding carboxylic acids is 1. The second-order valence-corrected chi connectivity index (χ2v) is 10.3. The van der Waals surface area contributed by atoms with Crippen molar-refractivity contribution >= 4 is 31.9 Å². The summed E-state index contributed by atoms with van der Waals surface area (Å²) in [5.41, 5.74) is 1.89. The molecule has 0 spiro atoms. The number of amides is 1. The van der Waals surface area contributed by atoms with Crippen molar-refractivity contribution in [1.29, 1.82) is 0 Å². The highest BCUT2D eigenvalue weighted by Gasteiger charge is 2.21. The monoisotopic (exact) mass is 516 g/mol. The fourth-order valence-corrected chi connectivity index (χ4v) is 4.50. The van der Waals surface area contributed by atoms with Crippen molar-refractivity contribution < 1.29 is 17.9 Å². The quantitative estimate of drug-likeness (QED) is 0.453. The molecule has 0 aliphatic heterocycles. The average molecular weight is 517 g/mol. The largest absolute Gasteiger partial charge is 0.484 e. The Balaban J connectivity index is 1.54. The van der Waals surface area contributed by atoms with Crippen LogP contribution in [0.1, 0.15) is 24.1 Å². The summed E-state index contributed by atoms with van der Waals surface area (Å²) in [6, 6.07) is 23.0. The number of rotatable bonds is 9. The standard InChI is InChI=1S/C24H25BrN2O4S/c1-18(20-8-10-21(25)11-9-20)26-24(28)17-31-22-12-14-23(15-13-22)32(29,30)27(2)16-19-6-4-3-5-7-19/h3-15,18H,16-17H2,1-2H3,(H,26,28)/t18-/m1/s1. The molecule has 3 rings (SSSR count). The molecule has 0 fully saturated rings. The third-order valence-corrected chi connectivity index (χ3v) is 7.24. The molecule has 3 aromatic rings. The van der Waals surface area contributed by atoms with Crippen LogP contribution in [0.4, 0.5) is 0 Å². The number of nitrogens with one attached hydrogen (secondary N) is 1. The van der Waals surface area contributed by atoms with Gasteiger partial charge in [-0.25, -0.2) is 8.42 Å². The minimum Gasteiger partial charge on any atom is -0.484 e. The summed E-state index contributed by atoms with van der Waals surface area (Å²) in [6.45, 7) is 2.01. The maximum atomic E-state index is 12.8. The highest BCUT2D eigenvalue weighted by molar-refractivity contribution is 9.10. The number of halogens is 1. The van der Waals surface area contributed by atoms with E-state index in [4.69, 9.17) is 4.74 Å². The van der Waals surface area contributed by atoms with Crippen LogP contribution in [0.15, 0.2) is 88.2 Å². The SMILES string of the molecule is C[C@@H](NC(=O)COc1ccc(S(=O)(=O)N(C)Cc2ccccc2)cc1)c1ccc(Br)cc1. The molecule has 3 aromatic carbocycles. The van der Waals surface area contributed by atoms with E-state index in [0.717, 1.165) is 15.6 Å². The van der Waals surface area contributed by atoms with Crippen molar-refractivity contribution in [2.45, 2.75) is 24.4 Å². The predicted octanol–water partition coefficient (Wildman–Crippen LogP) is 4.53. The third kappa shape index (κ3) is 6.41. The van der Waals surface area contributed by atoms with Gasteiger partial charge in [0.15, 0.2) is 6.61 Å². The molecule has 0 aliphatic rings. The Morgan fingerprint density at radius 2 is 1.62 bits per heavy atom. The van der Waals surface area contributed by atoms with Crippen LogP contribution in [0, 0.1) is 0 Å². The van der Waals surface area contributed by atoms with Crippen molar-refractivity contribution in [3.8, 4) is 5.75 Å². The van der Waals surface area contributed by atoms with Gasteiger partial charge in [-0.1, -0.05) is 58.4 Å². The molecule has 32 heavy (non-hydrogen) atoms. The molecule has 1 atom stereocenters. The summed E-state index contributed by atoms with van der Waals surface area (Å²) in [4.78, 5) is 12.4. The number of nitrogens with zero attached hydrogens (tertiary/aromatic N) is 1. The van der Waals surface area contributed by atoms with E-state index in [1.54, 1.807) is 19.2 Å². The zero-order chi connectivity index (χ0) is 23.1. The number of sulfonamides is 1. The van der Waals surface area contributed by atoms with Gasteiger partial charge in [0.05, 0.1) is 10.9 Å². The summed E-state index contributed by atoms with van der Waals surface area (Å²) in [5.74, 6) is 0.154. The number of benzene rings is 3. The van der Waals surface area contributed by atoms with Crippen molar-refractivity contribution in [1.82, 2.24) is 9.62 Å². The van der Waals surface area contributed by atoms with Gasteiger partial charge >= 0.3 is 0 Å². The van der Waals surface area contributed by atoms with Crippen LogP contribution >= 0.6 is 15.9 Å². The van der Waals surface area contributed by atoms with Gasteiger partial charge in [0, 0.05) is 18.1 Å². The zero-order valence-corrected chi connectivity index (χ0v) is 20.3. The first-order chi connectivity index (χ1) is 15.3. The molecule has 0 heterocycles. The number of carbonyl (C=O) groups is 1. The summed E-state index contributed by atoms with van der Waals surface area (Å²) in [6.07, 6.45) is 0. The highest BCUT2D eigenvalue weighted by Crippen LogP contribution is 2.21. The average Bonchev–Trinajstić information content (AvgIpc) is 2.79. The fourth-order valence-electron chi connectivity index (χ4n) is 3.08. The number of ether oxygens (including phenoxy) is 1. The maximum Gasteiger partial charge on any atom is 0.258 e. The topological polar surface area (TPSA) is 75.7 Å². The Kier molecular flexibility index (Phi) is 8.06. The van der Waals surface area contributed by atoms with E-state index in [9.17, 15) is 13.2 Å². The fraction of sp³-hybridized carbons (Fsp3) is 0.208. The molecule has 0 bridgehead atoms. The van der Waals surface area contributed by atoms with E-state index in [-0.39, 0.29) is 30.0 Å². The molecule has 0 aromatic heterocycles. The molecule has 0 saturated carbocycles. The smallest absolute Gasteiger partial charge is 0.258 e. The van der Waals surface area contributed by atoms with Crippen LogP contribution in [-0.4, -0.2) is 32.3 Å². The summed E-state index contributed by atoms with van der Waals surface area (Å²) in [5, 5.41) is 2.88. The van der Waals surface area contributed by atoms with E-state index in [1.807, 2.05) is 61.5 Å². The van der Waals surface area contributed by atoms with Gasteiger partial charge in [0.2, 0.25) is 10.0 Å². The zero-order valence-electron chi connectivity index (χ0n) is 17.9. The van der Waals surface area contributed by atoms with Crippen LogP contribution in [0.25, 0.3) is 0 Å². The molecule has 6 nitrogen and oxygen atoms in total. The predicted molar refractivity (Wildman–Crippen MR) is 128 cm³/mol. The molecule has 0 unspecified atom stereocenters. The normalized spacial score (nSPS) is 12.4. The van der Waals surface area contributed by atoms with Gasteiger partial charge in [0.25, 0.3) is 5.91 Å². The Morgan fingerprint density at radius 3 is 2.25 bits per heavy atom. The van der Waals surface area contributed by atoms with Crippen LogP contribution < -0.4 is 10.1 Å². The van der Waals surface area contributed by atoms with Gasteiger partial charge in [-0.05, 0) is 54.4 Å².